The van der Waals surface area contributed by atoms with E-state index in [1.165, 1.54) is 14.0 Å². The van der Waals surface area contributed by atoms with Crippen molar-refractivity contribution in [3.8, 4) is 0 Å². The van der Waals surface area contributed by atoms with Gasteiger partial charge in [0.2, 0.25) is 6.29 Å². The normalized spacial score (nSPS) is 35.1. The molecule has 0 radical (unpaired) electrons. The quantitative estimate of drug-likeness (QED) is 0.631. The zero-order valence-electron chi connectivity index (χ0n) is 12.0. The summed E-state index contributed by atoms with van der Waals surface area (Å²) in [5.41, 5.74) is 0. The number of carbonyl (C=O) groups is 1. The largest absolute Gasteiger partial charge is 0.433 e. The van der Waals surface area contributed by atoms with Crippen molar-refractivity contribution in [2.75, 3.05) is 35.0 Å². The minimum absolute atomic E-state index is 0.298. The topological polar surface area (TPSA) is 72.5 Å². The molecule has 1 unspecified atom stereocenters. The van der Waals surface area contributed by atoms with Crippen molar-refractivity contribution >= 4 is 5.97 Å². The number of rotatable bonds is 6. The Morgan fingerprint density at radius 2 is 1.58 bits per heavy atom. The summed E-state index contributed by atoms with van der Waals surface area (Å²) in [6.45, 7) is 1.61. The molecule has 1 rings (SSSR count). The number of hydrogen-bond acceptors (Lipinski definition) is 7. The van der Waals surface area contributed by atoms with Gasteiger partial charge in [-0.05, 0) is 0 Å². The molecule has 0 N–H and O–H groups in total. The smallest absolute Gasteiger partial charge is 0.305 e. The van der Waals surface area contributed by atoms with Crippen molar-refractivity contribution < 1.29 is 33.2 Å². The fraction of sp³-hybridized carbons (Fsp3) is 0.917. The Labute approximate surface area is 113 Å². The van der Waals surface area contributed by atoms with Gasteiger partial charge in [0.25, 0.3) is 0 Å². The first-order valence-electron chi connectivity index (χ1n) is 5.99. The van der Waals surface area contributed by atoms with Crippen LogP contribution in [0.5, 0.6) is 0 Å². The second kappa shape index (κ2) is 7.76. The van der Waals surface area contributed by atoms with Gasteiger partial charge >= 0.3 is 5.97 Å². The molecule has 1 heterocycles. The third-order valence-electron chi connectivity index (χ3n) is 3.02. The monoisotopic (exact) mass is 278 g/mol. The summed E-state index contributed by atoms with van der Waals surface area (Å²) in [7, 11) is 6.16. The highest BCUT2D eigenvalue weighted by Crippen LogP contribution is 2.28. The van der Waals surface area contributed by atoms with Crippen LogP contribution in [0, 0.1) is 0 Å². The Kier molecular flexibility index (Phi) is 6.67. The van der Waals surface area contributed by atoms with Gasteiger partial charge in [0.05, 0.1) is 6.61 Å². The maximum Gasteiger partial charge on any atom is 0.305 e. The molecule has 0 bridgehead atoms. The minimum atomic E-state index is -0.848. The molecule has 1 saturated heterocycles. The van der Waals surface area contributed by atoms with Crippen LogP contribution in [-0.2, 0) is 33.2 Å². The number of hydrogen-bond donors (Lipinski definition) is 0. The molecule has 1 aliphatic heterocycles. The fourth-order valence-electron chi connectivity index (χ4n) is 2.24. The number of carbonyl (C=O) groups excluding carboxylic acids is 1. The molecular weight excluding hydrogens is 256 g/mol. The van der Waals surface area contributed by atoms with Crippen LogP contribution in [0.25, 0.3) is 0 Å². The van der Waals surface area contributed by atoms with E-state index in [1.54, 1.807) is 21.3 Å². The average molecular weight is 278 g/mol. The zero-order chi connectivity index (χ0) is 14.4. The molecule has 0 spiro atoms. The van der Waals surface area contributed by atoms with E-state index in [9.17, 15) is 4.79 Å². The summed E-state index contributed by atoms with van der Waals surface area (Å²) in [6, 6.07) is 0. The van der Waals surface area contributed by atoms with Crippen molar-refractivity contribution in [2.45, 2.75) is 37.6 Å². The number of methoxy groups -OCH3 is 4. The summed E-state index contributed by atoms with van der Waals surface area (Å²) in [5, 5.41) is 0. The maximum atomic E-state index is 11.1. The SMILES string of the molecule is COC[C@H]1OC(OC(C)=O)[C@H](OC)[C@@H](OC)[C@H]1OC. The Balaban J connectivity index is 2.91. The van der Waals surface area contributed by atoms with Gasteiger partial charge in [0.15, 0.2) is 0 Å². The fourth-order valence-corrected chi connectivity index (χ4v) is 2.24. The van der Waals surface area contributed by atoms with Crippen LogP contribution in [0.3, 0.4) is 0 Å². The van der Waals surface area contributed by atoms with Crippen LogP contribution in [0.1, 0.15) is 6.92 Å². The van der Waals surface area contributed by atoms with Gasteiger partial charge < -0.3 is 28.4 Å². The predicted molar refractivity (Wildman–Crippen MR) is 64.7 cm³/mol. The van der Waals surface area contributed by atoms with Gasteiger partial charge in [0, 0.05) is 35.4 Å². The van der Waals surface area contributed by atoms with Gasteiger partial charge in [-0.2, -0.15) is 0 Å². The molecular formula is C12H22O7. The van der Waals surface area contributed by atoms with E-state index in [4.69, 9.17) is 28.4 Å². The Morgan fingerprint density at radius 1 is 1.00 bits per heavy atom. The van der Waals surface area contributed by atoms with E-state index < -0.39 is 30.6 Å². The van der Waals surface area contributed by atoms with Gasteiger partial charge in [-0.1, -0.05) is 0 Å². The van der Waals surface area contributed by atoms with Crippen LogP contribution in [0.15, 0.2) is 0 Å². The molecule has 112 valence electrons. The van der Waals surface area contributed by atoms with Crippen molar-refractivity contribution in [2.24, 2.45) is 0 Å². The lowest BCUT2D eigenvalue weighted by molar-refractivity contribution is -0.304. The van der Waals surface area contributed by atoms with Crippen molar-refractivity contribution in [3.05, 3.63) is 0 Å². The predicted octanol–water partition coefficient (Wildman–Crippen LogP) is -0.0342. The number of ether oxygens (including phenoxy) is 6. The summed E-state index contributed by atoms with van der Waals surface area (Å²) in [4.78, 5) is 11.1. The van der Waals surface area contributed by atoms with E-state index in [0.29, 0.717) is 6.61 Å². The molecule has 7 heteroatoms. The first-order valence-corrected chi connectivity index (χ1v) is 5.99. The lowest BCUT2D eigenvalue weighted by Crippen LogP contribution is -2.61. The molecule has 5 atom stereocenters. The lowest BCUT2D eigenvalue weighted by Gasteiger charge is -2.43. The molecule has 1 fully saturated rings. The van der Waals surface area contributed by atoms with Crippen molar-refractivity contribution in [3.63, 3.8) is 0 Å². The standard InChI is InChI=1S/C12H22O7/c1-7(13)18-12-11(17-5)10(16-4)9(15-3)8(19-12)6-14-2/h8-12H,6H2,1-5H3/t8-,9+,10+,11-,12?/m1/s1. The minimum Gasteiger partial charge on any atom is -0.433 e. The van der Waals surface area contributed by atoms with Gasteiger partial charge in [-0.25, -0.2) is 0 Å². The van der Waals surface area contributed by atoms with Crippen molar-refractivity contribution in [1.29, 1.82) is 0 Å². The molecule has 0 aromatic heterocycles. The Bertz CT molecular complexity index is 283. The maximum absolute atomic E-state index is 11.1. The highest BCUT2D eigenvalue weighted by molar-refractivity contribution is 5.66. The molecule has 19 heavy (non-hydrogen) atoms. The van der Waals surface area contributed by atoms with Crippen LogP contribution in [0.2, 0.25) is 0 Å². The van der Waals surface area contributed by atoms with Gasteiger partial charge in [-0.3, -0.25) is 4.79 Å². The Morgan fingerprint density at radius 3 is 2.00 bits per heavy atom. The number of esters is 1. The summed E-state index contributed by atoms with van der Waals surface area (Å²) in [6.07, 6.45) is -2.61. The molecule has 0 amide bonds. The molecule has 0 aliphatic carbocycles. The van der Waals surface area contributed by atoms with Crippen LogP contribution in [0.4, 0.5) is 0 Å². The summed E-state index contributed by atoms with van der Waals surface area (Å²) < 4.78 is 32.0. The third kappa shape index (κ3) is 3.87. The Hall–Kier alpha value is -0.730. The third-order valence-corrected chi connectivity index (χ3v) is 3.02. The molecule has 0 saturated carbocycles. The second-order valence-electron chi connectivity index (χ2n) is 4.21. The highest BCUT2D eigenvalue weighted by Gasteiger charge is 2.48. The second-order valence-corrected chi connectivity index (χ2v) is 4.21. The van der Waals surface area contributed by atoms with Crippen LogP contribution < -0.4 is 0 Å². The summed E-state index contributed by atoms with van der Waals surface area (Å²) >= 11 is 0. The molecule has 1 aliphatic rings. The zero-order valence-corrected chi connectivity index (χ0v) is 12.0. The van der Waals surface area contributed by atoms with Crippen LogP contribution >= 0.6 is 0 Å². The van der Waals surface area contributed by atoms with E-state index in [2.05, 4.69) is 0 Å². The average Bonchev–Trinajstić information content (AvgIpc) is 2.37. The van der Waals surface area contributed by atoms with Crippen LogP contribution in [-0.4, -0.2) is 71.7 Å². The first kappa shape index (κ1) is 16.3. The molecule has 0 aromatic rings. The summed E-state index contributed by atoms with van der Waals surface area (Å²) in [5.74, 6) is -0.450. The van der Waals surface area contributed by atoms with E-state index in [-0.39, 0.29) is 6.10 Å². The molecule has 7 nitrogen and oxygen atoms in total. The van der Waals surface area contributed by atoms with Gasteiger partial charge in [-0.15, -0.1) is 0 Å². The van der Waals surface area contributed by atoms with E-state index in [0.717, 1.165) is 0 Å². The van der Waals surface area contributed by atoms with Crippen molar-refractivity contribution in [1.82, 2.24) is 0 Å². The molecule has 0 aromatic carbocycles. The van der Waals surface area contributed by atoms with E-state index in [1.807, 2.05) is 0 Å². The van der Waals surface area contributed by atoms with E-state index >= 15 is 0 Å². The highest BCUT2D eigenvalue weighted by atomic mass is 16.7. The first-order chi connectivity index (χ1) is 9.08. The lowest BCUT2D eigenvalue weighted by atomic mass is 9.98. The van der Waals surface area contributed by atoms with Gasteiger partial charge in [0.1, 0.15) is 24.4 Å².